The lowest BCUT2D eigenvalue weighted by Gasteiger charge is -2.34. The number of hydrogen-bond acceptors (Lipinski definition) is 3. The molecule has 0 bridgehead atoms. The van der Waals surface area contributed by atoms with Gasteiger partial charge in [0.05, 0.1) is 6.04 Å². The molecule has 0 N–H and O–H groups in total. The van der Waals surface area contributed by atoms with Crippen molar-refractivity contribution in [1.82, 2.24) is 9.29 Å². The minimum absolute atomic E-state index is 0.143. The fourth-order valence-corrected chi connectivity index (χ4v) is 3.62. The van der Waals surface area contributed by atoms with Crippen LogP contribution < -0.4 is 0 Å². The Kier molecular flexibility index (Phi) is 5.65. The maximum absolute atomic E-state index is 12.4. The predicted molar refractivity (Wildman–Crippen MR) is 80.6 cm³/mol. The Morgan fingerprint density at radius 2 is 2.11 bits per heavy atom. The predicted octanol–water partition coefficient (Wildman–Crippen LogP) is 3.69. The summed E-state index contributed by atoms with van der Waals surface area (Å²) >= 11 is 2.36. The van der Waals surface area contributed by atoms with Crippen LogP contribution in [0.4, 0.5) is 0 Å². The molecule has 0 radical (unpaired) electrons. The number of hydrogen-bond donors (Lipinski definition) is 0. The molecule has 0 amide bonds. The van der Waals surface area contributed by atoms with Crippen molar-refractivity contribution in [3.05, 3.63) is 28.5 Å². The molecule has 1 rings (SSSR count). The van der Waals surface area contributed by atoms with Gasteiger partial charge < -0.3 is 4.55 Å². The minimum atomic E-state index is -1.02. The standard InChI is InChI=1S/C13H21BrN2OS/c1-6-11(10-7-8-15-12(14)9-10)16(5)18(17)13(2,3)4/h7-9,11H,6H2,1-5H3/t11-,18?/m0/s1. The molecule has 1 unspecified atom stereocenters. The normalized spacial score (nSPS) is 15.8. The van der Waals surface area contributed by atoms with Crippen LogP contribution in [0.1, 0.15) is 45.7 Å². The number of pyridine rings is 1. The van der Waals surface area contributed by atoms with Crippen molar-refractivity contribution in [3.8, 4) is 0 Å². The molecule has 5 heteroatoms. The average Bonchev–Trinajstić information content (AvgIpc) is 2.27. The summed E-state index contributed by atoms with van der Waals surface area (Å²) in [7, 11) is 1.92. The van der Waals surface area contributed by atoms with Crippen LogP contribution in [0.5, 0.6) is 0 Å². The van der Waals surface area contributed by atoms with Crippen molar-refractivity contribution in [2.75, 3.05) is 7.05 Å². The van der Waals surface area contributed by atoms with Gasteiger partial charge >= 0.3 is 0 Å². The monoisotopic (exact) mass is 332 g/mol. The summed E-state index contributed by atoms with van der Waals surface area (Å²) in [6.07, 6.45) is 2.69. The first-order chi connectivity index (χ1) is 8.27. The highest BCUT2D eigenvalue weighted by atomic mass is 79.9. The molecule has 102 valence electrons. The zero-order valence-corrected chi connectivity index (χ0v) is 14.0. The second-order valence-electron chi connectivity index (χ2n) is 5.24. The summed E-state index contributed by atoms with van der Waals surface area (Å²) in [5.41, 5.74) is 1.14. The van der Waals surface area contributed by atoms with E-state index in [1.165, 1.54) is 0 Å². The molecule has 0 aliphatic heterocycles. The Bertz CT molecular complexity index is 395. The molecule has 1 heterocycles. The van der Waals surface area contributed by atoms with Gasteiger partial charge in [-0.2, -0.15) is 0 Å². The molecule has 1 aromatic rings. The van der Waals surface area contributed by atoms with Gasteiger partial charge in [-0.25, -0.2) is 4.98 Å². The maximum Gasteiger partial charge on any atom is 0.137 e. The van der Waals surface area contributed by atoms with Crippen LogP contribution in [0.3, 0.4) is 0 Å². The number of halogens is 1. The van der Waals surface area contributed by atoms with Crippen molar-refractivity contribution in [3.63, 3.8) is 0 Å². The van der Waals surface area contributed by atoms with E-state index in [0.717, 1.165) is 16.6 Å². The van der Waals surface area contributed by atoms with Crippen molar-refractivity contribution < 1.29 is 4.55 Å². The maximum atomic E-state index is 12.4. The Morgan fingerprint density at radius 1 is 1.50 bits per heavy atom. The molecule has 0 aliphatic carbocycles. The summed E-state index contributed by atoms with van der Waals surface area (Å²) < 4.78 is 14.9. The van der Waals surface area contributed by atoms with Crippen LogP contribution in [0, 0.1) is 0 Å². The summed E-state index contributed by atoms with van der Waals surface area (Å²) in [5.74, 6) is 0. The van der Waals surface area contributed by atoms with Crippen molar-refractivity contribution in [1.29, 1.82) is 0 Å². The first-order valence-corrected chi connectivity index (χ1v) is 7.93. The lowest BCUT2D eigenvalue weighted by molar-refractivity contribution is 0.354. The molecular formula is C13H21BrN2OS. The molecule has 0 saturated heterocycles. The SMILES string of the molecule is CC[C@@H](c1ccnc(Br)c1)N(C)[S+]([O-])C(C)(C)C. The van der Waals surface area contributed by atoms with E-state index < -0.39 is 11.4 Å². The van der Waals surface area contributed by atoms with E-state index in [4.69, 9.17) is 0 Å². The second kappa shape index (κ2) is 6.37. The summed E-state index contributed by atoms with van der Waals surface area (Å²) in [4.78, 5) is 4.13. The Hall–Kier alpha value is -0.100. The highest BCUT2D eigenvalue weighted by Gasteiger charge is 2.35. The Balaban J connectivity index is 2.97. The molecular weight excluding hydrogens is 312 g/mol. The smallest absolute Gasteiger partial charge is 0.137 e. The van der Waals surface area contributed by atoms with Crippen LogP contribution in [0.15, 0.2) is 22.9 Å². The van der Waals surface area contributed by atoms with E-state index >= 15 is 0 Å². The molecule has 3 nitrogen and oxygen atoms in total. The fourth-order valence-electron chi connectivity index (χ4n) is 1.87. The highest BCUT2D eigenvalue weighted by Crippen LogP contribution is 2.31. The third kappa shape index (κ3) is 3.95. The van der Waals surface area contributed by atoms with Crippen LogP contribution in [0.2, 0.25) is 0 Å². The summed E-state index contributed by atoms with van der Waals surface area (Å²) in [6.45, 7) is 8.09. The molecule has 0 aromatic carbocycles. The van der Waals surface area contributed by atoms with E-state index in [-0.39, 0.29) is 10.8 Å². The highest BCUT2D eigenvalue weighted by molar-refractivity contribution is 9.10. The molecule has 0 fully saturated rings. The van der Waals surface area contributed by atoms with Gasteiger partial charge in [-0.15, -0.1) is 4.31 Å². The van der Waals surface area contributed by atoms with Crippen molar-refractivity contribution in [2.24, 2.45) is 0 Å². The largest absolute Gasteiger partial charge is 0.597 e. The third-order valence-electron chi connectivity index (χ3n) is 2.75. The minimum Gasteiger partial charge on any atom is -0.597 e. The Morgan fingerprint density at radius 3 is 2.56 bits per heavy atom. The average molecular weight is 333 g/mol. The third-order valence-corrected chi connectivity index (χ3v) is 5.01. The van der Waals surface area contributed by atoms with Crippen molar-refractivity contribution >= 4 is 27.3 Å². The molecule has 18 heavy (non-hydrogen) atoms. The Labute approximate surface area is 121 Å². The molecule has 1 aromatic heterocycles. The first-order valence-electron chi connectivity index (χ1n) is 6.03. The lowest BCUT2D eigenvalue weighted by atomic mass is 10.1. The van der Waals surface area contributed by atoms with Gasteiger partial charge in [0, 0.05) is 24.6 Å². The zero-order chi connectivity index (χ0) is 13.9. The van der Waals surface area contributed by atoms with Gasteiger partial charge in [-0.3, -0.25) is 0 Å². The summed E-state index contributed by atoms with van der Waals surface area (Å²) in [5, 5.41) is 0. The zero-order valence-electron chi connectivity index (χ0n) is 11.6. The molecule has 0 saturated carbocycles. The van der Waals surface area contributed by atoms with Crippen LogP contribution in [0.25, 0.3) is 0 Å². The van der Waals surface area contributed by atoms with Crippen molar-refractivity contribution in [2.45, 2.75) is 44.9 Å². The number of rotatable bonds is 4. The van der Waals surface area contributed by atoms with Gasteiger partial charge in [0.1, 0.15) is 9.35 Å². The molecule has 0 aliphatic rings. The quantitative estimate of drug-likeness (QED) is 0.623. The van der Waals surface area contributed by atoms with Gasteiger partial charge in [0.2, 0.25) is 0 Å². The van der Waals surface area contributed by atoms with E-state index in [0.29, 0.717) is 0 Å². The number of aromatic nitrogens is 1. The van der Waals surface area contributed by atoms with Gasteiger partial charge in [0.25, 0.3) is 0 Å². The van der Waals surface area contributed by atoms with E-state index in [2.05, 4.69) is 27.8 Å². The first kappa shape index (κ1) is 16.0. The van der Waals surface area contributed by atoms with Gasteiger partial charge in [-0.1, -0.05) is 6.92 Å². The van der Waals surface area contributed by atoms with E-state index in [1.54, 1.807) is 6.20 Å². The van der Waals surface area contributed by atoms with E-state index in [9.17, 15) is 4.55 Å². The second-order valence-corrected chi connectivity index (χ2v) is 8.36. The fraction of sp³-hybridized carbons (Fsp3) is 0.615. The topological polar surface area (TPSA) is 39.2 Å². The van der Waals surface area contributed by atoms with Crippen LogP contribution >= 0.6 is 15.9 Å². The molecule has 2 atom stereocenters. The van der Waals surface area contributed by atoms with E-state index in [1.807, 2.05) is 44.3 Å². The lowest BCUT2D eigenvalue weighted by Crippen LogP contribution is -2.42. The summed E-state index contributed by atoms with van der Waals surface area (Å²) in [6, 6.07) is 4.11. The molecule has 0 spiro atoms. The van der Waals surface area contributed by atoms with Crippen LogP contribution in [-0.2, 0) is 11.4 Å². The van der Waals surface area contributed by atoms with Crippen LogP contribution in [-0.4, -0.2) is 25.6 Å². The van der Waals surface area contributed by atoms with Gasteiger partial charge in [-0.05, 0) is 60.8 Å². The number of nitrogens with zero attached hydrogens (tertiary/aromatic N) is 2. The van der Waals surface area contributed by atoms with Gasteiger partial charge in [0.15, 0.2) is 0 Å².